The number of carbonyl (C=O) groups is 1. The van der Waals surface area contributed by atoms with E-state index in [1.807, 2.05) is 20.2 Å². The number of nitrogens with zero attached hydrogens (tertiary/aromatic N) is 3. The van der Waals surface area contributed by atoms with Crippen LogP contribution in [0.5, 0.6) is 0 Å². The fourth-order valence-electron chi connectivity index (χ4n) is 1.99. The molecule has 0 aliphatic carbocycles. The Hall–Kier alpha value is -1.66. The van der Waals surface area contributed by atoms with Crippen LogP contribution in [0.2, 0.25) is 0 Å². The molecule has 0 fully saturated rings. The second-order valence-corrected chi connectivity index (χ2v) is 5.96. The zero-order valence-corrected chi connectivity index (χ0v) is 14.2. The van der Waals surface area contributed by atoms with Gasteiger partial charge in [-0.3, -0.25) is 9.78 Å². The maximum atomic E-state index is 12.1. The van der Waals surface area contributed by atoms with Crippen molar-refractivity contribution < 1.29 is 4.79 Å². The second-order valence-electron chi connectivity index (χ2n) is 5.96. The number of amides is 1. The first-order chi connectivity index (χ1) is 10.5. The smallest absolute Gasteiger partial charge is 0.252 e. The molecule has 0 unspecified atom stereocenters. The maximum absolute atomic E-state index is 12.1. The summed E-state index contributed by atoms with van der Waals surface area (Å²) in [5.74, 6) is -0.0665. The number of hydrogen-bond acceptors (Lipinski definition) is 5. The lowest BCUT2D eigenvalue weighted by Crippen LogP contribution is -2.27. The number of rotatable bonds is 10. The van der Waals surface area contributed by atoms with Crippen LogP contribution in [0.3, 0.4) is 0 Å². The molecule has 2 N–H and O–H groups in total. The highest BCUT2D eigenvalue weighted by molar-refractivity contribution is 5.94. The Balaban J connectivity index is 2.37. The van der Waals surface area contributed by atoms with Crippen LogP contribution >= 0.6 is 0 Å². The Kier molecular flexibility index (Phi) is 8.47. The lowest BCUT2D eigenvalue weighted by molar-refractivity contribution is 0.0952. The van der Waals surface area contributed by atoms with Crippen LogP contribution in [0.1, 0.15) is 23.2 Å². The van der Waals surface area contributed by atoms with Crippen molar-refractivity contribution in [2.24, 2.45) is 0 Å². The van der Waals surface area contributed by atoms with Crippen molar-refractivity contribution in [3.63, 3.8) is 0 Å². The molecule has 0 saturated carbocycles. The molecule has 0 atom stereocenters. The van der Waals surface area contributed by atoms with Crippen LogP contribution in [0.4, 0.5) is 5.69 Å². The van der Waals surface area contributed by atoms with Crippen LogP contribution in [0, 0.1) is 0 Å². The summed E-state index contributed by atoms with van der Waals surface area (Å²) in [6.07, 6.45) is 5.34. The summed E-state index contributed by atoms with van der Waals surface area (Å²) in [4.78, 5) is 20.4. The Labute approximate surface area is 133 Å². The average molecular weight is 307 g/mol. The van der Waals surface area contributed by atoms with Gasteiger partial charge in [-0.1, -0.05) is 0 Å². The zero-order chi connectivity index (χ0) is 16.4. The number of hydrogen-bond donors (Lipinski definition) is 2. The van der Waals surface area contributed by atoms with Gasteiger partial charge >= 0.3 is 0 Å². The van der Waals surface area contributed by atoms with Gasteiger partial charge in [-0.25, -0.2) is 0 Å². The van der Waals surface area contributed by atoms with Gasteiger partial charge in [-0.05, 0) is 60.2 Å². The number of aromatic nitrogens is 1. The standard InChI is InChI=1S/C16H29N5O/c1-20(2)9-5-7-18-15-11-14(12-17-13-15)16(22)19-8-6-10-21(3)4/h11-13,18H,5-10H2,1-4H3,(H,19,22). The molecule has 6 nitrogen and oxygen atoms in total. The first kappa shape index (κ1) is 18.4. The van der Waals surface area contributed by atoms with Crippen molar-refractivity contribution >= 4 is 11.6 Å². The predicted octanol–water partition coefficient (Wildman–Crippen LogP) is 1.13. The van der Waals surface area contributed by atoms with Crippen molar-refractivity contribution in [2.45, 2.75) is 12.8 Å². The van der Waals surface area contributed by atoms with Crippen molar-refractivity contribution in [3.05, 3.63) is 24.0 Å². The minimum Gasteiger partial charge on any atom is -0.384 e. The molecule has 0 radical (unpaired) electrons. The summed E-state index contributed by atoms with van der Waals surface area (Å²) in [6, 6.07) is 1.85. The van der Waals surface area contributed by atoms with Crippen molar-refractivity contribution in [1.29, 1.82) is 0 Å². The van der Waals surface area contributed by atoms with E-state index in [0.29, 0.717) is 12.1 Å². The normalized spacial score (nSPS) is 11.0. The van der Waals surface area contributed by atoms with Crippen molar-refractivity contribution in [1.82, 2.24) is 20.1 Å². The maximum Gasteiger partial charge on any atom is 0.252 e. The second kappa shape index (κ2) is 10.1. The molecule has 0 aliphatic rings. The van der Waals surface area contributed by atoms with Gasteiger partial charge in [0.15, 0.2) is 0 Å². The van der Waals surface area contributed by atoms with Gasteiger partial charge in [-0.15, -0.1) is 0 Å². The first-order valence-corrected chi connectivity index (χ1v) is 7.75. The van der Waals surface area contributed by atoms with E-state index >= 15 is 0 Å². The van der Waals surface area contributed by atoms with E-state index < -0.39 is 0 Å². The van der Waals surface area contributed by atoms with E-state index in [1.54, 1.807) is 12.4 Å². The molecule has 0 aromatic carbocycles. The van der Waals surface area contributed by atoms with Crippen LogP contribution in [-0.2, 0) is 0 Å². The molecule has 0 aliphatic heterocycles. The van der Waals surface area contributed by atoms with E-state index in [-0.39, 0.29) is 5.91 Å². The molecule has 1 amide bonds. The van der Waals surface area contributed by atoms with Crippen molar-refractivity contribution in [3.8, 4) is 0 Å². The van der Waals surface area contributed by atoms with Crippen LogP contribution in [0.25, 0.3) is 0 Å². The topological polar surface area (TPSA) is 60.5 Å². The third kappa shape index (κ3) is 7.95. The molecule has 0 saturated heterocycles. The van der Waals surface area contributed by atoms with Gasteiger partial charge in [0.25, 0.3) is 5.91 Å². The fourth-order valence-corrected chi connectivity index (χ4v) is 1.99. The summed E-state index contributed by atoms with van der Waals surface area (Å²) in [5, 5.41) is 6.23. The quantitative estimate of drug-likeness (QED) is 0.635. The third-order valence-corrected chi connectivity index (χ3v) is 3.18. The fraction of sp³-hybridized carbons (Fsp3) is 0.625. The molecule has 124 valence electrons. The Morgan fingerprint density at radius 1 is 1.05 bits per heavy atom. The molecule has 1 aromatic heterocycles. The SMILES string of the molecule is CN(C)CCCNC(=O)c1cncc(NCCCN(C)C)c1. The van der Waals surface area contributed by atoms with E-state index in [4.69, 9.17) is 0 Å². The minimum absolute atomic E-state index is 0.0665. The number of carbonyl (C=O) groups excluding carboxylic acids is 1. The number of pyridine rings is 1. The Morgan fingerprint density at radius 2 is 1.68 bits per heavy atom. The van der Waals surface area contributed by atoms with E-state index in [0.717, 1.165) is 38.2 Å². The Bertz CT molecular complexity index is 448. The number of anilines is 1. The summed E-state index contributed by atoms with van der Waals surface area (Å²) >= 11 is 0. The highest BCUT2D eigenvalue weighted by Gasteiger charge is 2.06. The average Bonchev–Trinajstić information content (AvgIpc) is 2.48. The van der Waals surface area contributed by atoms with Gasteiger partial charge < -0.3 is 20.4 Å². The largest absolute Gasteiger partial charge is 0.384 e. The van der Waals surface area contributed by atoms with Crippen molar-refractivity contribution in [2.75, 3.05) is 59.7 Å². The molecular weight excluding hydrogens is 278 g/mol. The molecule has 6 heteroatoms. The highest BCUT2D eigenvalue weighted by Crippen LogP contribution is 2.08. The predicted molar refractivity (Wildman–Crippen MR) is 91.4 cm³/mol. The summed E-state index contributed by atoms with van der Waals surface area (Å²) in [7, 11) is 8.17. The monoisotopic (exact) mass is 307 g/mol. The lowest BCUT2D eigenvalue weighted by atomic mass is 10.2. The summed E-state index contributed by atoms with van der Waals surface area (Å²) in [6.45, 7) is 3.55. The van der Waals surface area contributed by atoms with Crippen LogP contribution in [0.15, 0.2) is 18.5 Å². The molecule has 0 bridgehead atoms. The molecule has 1 heterocycles. The molecule has 1 aromatic rings. The highest BCUT2D eigenvalue weighted by atomic mass is 16.1. The van der Waals surface area contributed by atoms with E-state index in [2.05, 4.69) is 39.5 Å². The van der Waals surface area contributed by atoms with Crippen LogP contribution < -0.4 is 10.6 Å². The number of nitrogens with one attached hydrogen (secondary N) is 2. The lowest BCUT2D eigenvalue weighted by Gasteiger charge is -2.12. The van der Waals surface area contributed by atoms with Gasteiger partial charge in [-0.2, -0.15) is 0 Å². The molecule has 22 heavy (non-hydrogen) atoms. The van der Waals surface area contributed by atoms with Gasteiger partial charge in [0.1, 0.15) is 0 Å². The van der Waals surface area contributed by atoms with Gasteiger partial charge in [0, 0.05) is 25.5 Å². The van der Waals surface area contributed by atoms with Crippen LogP contribution in [-0.4, -0.2) is 75.1 Å². The molecule has 1 rings (SSSR count). The summed E-state index contributed by atoms with van der Waals surface area (Å²) < 4.78 is 0. The Morgan fingerprint density at radius 3 is 2.32 bits per heavy atom. The molecular formula is C16H29N5O. The zero-order valence-electron chi connectivity index (χ0n) is 14.2. The first-order valence-electron chi connectivity index (χ1n) is 7.75. The van der Waals surface area contributed by atoms with E-state index in [1.165, 1.54) is 0 Å². The van der Waals surface area contributed by atoms with Gasteiger partial charge in [0.2, 0.25) is 0 Å². The third-order valence-electron chi connectivity index (χ3n) is 3.18. The van der Waals surface area contributed by atoms with Gasteiger partial charge in [0.05, 0.1) is 11.3 Å². The minimum atomic E-state index is -0.0665. The van der Waals surface area contributed by atoms with E-state index in [9.17, 15) is 4.79 Å². The summed E-state index contributed by atoms with van der Waals surface area (Å²) in [5.41, 5.74) is 1.49. The molecule has 0 spiro atoms.